The Balaban J connectivity index is 1.51. The average molecular weight is 482 g/mol. The number of hydrogen-bond acceptors (Lipinski definition) is 8. The third-order valence-corrected chi connectivity index (χ3v) is 6.36. The lowest BCUT2D eigenvalue weighted by Crippen LogP contribution is -2.49. The second kappa shape index (κ2) is 9.87. The number of nitrogens with two attached hydrogens (primary N) is 1. The molecule has 3 heterocycles. The van der Waals surface area contributed by atoms with Gasteiger partial charge in [-0.25, -0.2) is 14.5 Å². The number of carbonyl (C=O) groups excluding carboxylic acids is 2. The monoisotopic (exact) mass is 481 g/mol. The Hall–Kier alpha value is -3.73. The van der Waals surface area contributed by atoms with E-state index in [4.69, 9.17) is 10.5 Å². The second-order valence-corrected chi connectivity index (χ2v) is 9.49. The molecule has 2 amide bonds. The van der Waals surface area contributed by atoms with E-state index in [1.165, 1.54) is 13.4 Å². The first-order valence-electron chi connectivity index (χ1n) is 11.6. The zero-order valence-corrected chi connectivity index (χ0v) is 20.1. The maximum atomic E-state index is 13.3. The molecule has 35 heavy (non-hydrogen) atoms. The molecule has 1 fully saturated rings. The van der Waals surface area contributed by atoms with Gasteiger partial charge < -0.3 is 26.2 Å². The number of amides is 2. The summed E-state index contributed by atoms with van der Waals surface area (Å²) in [5.41, 5.74) is 7.71. The van der Waals surface area contributed by atoms with Crippen molar-refractivity contribution in [2.75, 3.05) is 19.5 Å². The molecule has 0 aliphatic heterocycles. The minimum absolute atomic E-state index is 0.0606. The summed E-state index contributed by atoms with van der Waals surface area (Å²) in [6.07, 6.45) is 5.62. The molecule has 1 aliphatic carbocycles. The van der Waals surface area contributed by atoms with E-state index in [0.717, 1.165) is 5.56 Å². The molecule has 11 nitrogen and oxygen atoms in total. The maximum Gasteiger partial charge on any atom is 0.253 e. The molecule has 5 N–H and O–H groups in total. The highest BCUT2D eigenvalue weighted by atomic mass is 16.5. The van der Waals surface area contributed by atoms with Gasteiger partial charge in [0, 0.05) is 29.8 Å². The van der Waals surface area contributed by atoms with E-state index in [2.05, 4.69) is 25.7 Å². The zero-order valence-electron chi connectivity index (χ0n) is 20.1. The van der Waals surface area contributed by atoms with Crippen LogP contribution in [-0.2, 0) is 4.79 Å². The van der Waals surface area contributed by atoms with Gasteiger partial charge in [-0.15, -0.1) is 0 Å². The van der Waals surface area contributed by atoms with Crippen molar-refractivity contribution in [3.05, 3.63) is 36.3 Å². The summed E-state index contributed by atoms with van der Waals surface area (Å²) in [6.45, 7) is 3.44. The minimum atomic E-state index is -0.656. The first-order chi connectivity index (χ1) is 16.7. The number of ether oxygens (including phenoxy) is 1. The predicted octanol–water partition coefficient (Wildman–Crippen LogP) is 1.56. The molecule has 0 atom stereocenters. The highest BCUT2D eigenvalue weighted by Gasteiger charge is 2.31. The van der Waals surface area contributed by atoms with Crippen molar-refractivity contribution in [2.24, 2.45) is 5.92 Å². The Morgan fingerprint density at radius 3 is 2.66 bits per heavy atom. The van der Waals surface area contributed by atoms with Crippen LogP contribution in [0.4, 0.5) is 5.82 Å². The number of fused-ring (bicyclic) bond motifs is 1. The van der Waals surface area contributed by atoms with E-state index < -0.39 is 5.54 Å². The van der Waals surface area contributed by atoms with Crippen LogP contribution in [0, 0.1) is 5.92 Å². The summed E-state index contributed by atoms with van der Waals surface area (Å²) in [6, 6.07) is 5.23. The number of nitrogen functional groups attached to an aromatic ring is 1. The fourth-order valence-corrected chi connectivity index (χ4v) is 4.37. The number of carbonyl (C=O) groups is 2. The smallest absolute Gasteiger partial charge is 0.253 e. The van der Waals surface area contributed by atoms with Crippen LogP contribution in [-0.4, -0.2) is 61.8 Å². The number of anilines is 1. The number of aliphatic hydroxyl groups is 1. The molecule has 0 spiro atoms. The van der Waals surface area contributed by atoms with E-state index in [0.29, 0.717) is 48.3 Å². The molecular formula is C24H31N7O4. The third-order valence-electron chi connectivity index (χ3n) is 6.36. The second-order valence-electron chi connectivity index (χ2n) is 9.49. The Bertz CT molecular complexity index is 1230. The molecule has 186 valence electrons. The molecule has 3 aromatic rings. The summed E-state index contributed by atoms with van der Waals surface area (Å²) >= 11 is 0. The topological polar surface area (TPSA) is 157 Å². The summed E-state index contributed by atoms with van der Waals surface area (Å²) in [7, 11) is 1.53. The standard InChI is InChI=1S/C24H31N7O4/c1-24(2,12-32)30-22(33)14-4-6-16(7-5-14)29-23(34)17-11-18(15-8-9-26-19(10-15)35-3)31-20(17)21(25)27-13-28-31/h8-11,13-14,16,32H,4-7,12H2,1-3H3,(H,29,34)(H,30,33)(H2,25,27,28)/t14-,16+. The fraction of sp³-hybridized carbons (Fsp3) is 0.458. The van der Waals surface area contributed by atoms with Crippen LogP contribution < -0.4 is 21.1 Å². The first-order valence-corrected chi connectivity index (χ1v) is 11.6. The lowest BCUT2D eigenvalue weighted by Gasteiger charge is -2.31. The number of aliphatic hydroxyl groups excluding tert-OH is 1. The minimum Gasteiger partial charge on any atom is -0.481 e. The van der Waals surface area contributed by atoms with Crippen molar-refractivity contribution in [3.63, 3.8) is 0 Å². The van der Waals surface area contributed by atoms with Gasteiger partial charge in [-0.3, -0.25) is 9.59 Å². The SMILES string of the molecule is COc1cc(-c2cc(C(=O)N[C@H]3CC[C@@H](C(=O)NC(C)(C)CO)CC3)c3c(N)ncnn23)ccn1. The fourth-order valence-electron chi connectivity index (χ4n) is 4.37. The van der Waals surface area contributed by atoms with Gasteiger partial charge in [-0.2, -0.15) is 5.10 Å². The number of pyridine rings is 1. The first kappa shape index (κ1) is 24.4. The van der Waals surface area contributed by atoms with Crippen LogP contribution in [0.2, 0.25) is 0 Å². The molecule has 4 rings (SSSR count). The number of nitrogens with one attached hydrogen (secondary N) is 2. The van der Waals surface area contributed by atoms with Crippen molar-refractivity contribution in [1.82, 2.24) is 30.2 Å². The third kappa shape index (κ3) is 5.19. The highest BCUT2D eigenvalue weighted by molar-refractivity contribution is 6.05. The molecule has 0 bridgehead atoms. The van der Waals surface area contributed by atoms with Crippen LogP contribution in [0.25, 0.3) is 16.8 Å². The molecule has 0 aromatic carbocycles. The van der Waals surface area contributed by atoms with Crippen molar-refractivity contribution in [1.29, 1.82) is 0 Å². The normalized spacial score (nSPS) is 18.3. The van der Waals surface area contributed by atoms with Gasteiger partial charge in [0.1, 0.15) is 11.8 Å². The van der Waals surface area contributed by atoms with Crippen LogP contribution in [0.1, 0.15) is 49.9 Å². The Morgan fingerprint density at radius 1 is 1.23 bits per heavy atom. The van der Waals surface area contributed by atoms with Crippen molar-refractivity contribution >= 4 is 23.1 Å². The van der Waals surface area contributed by atoms with E-state index in [1.807, 2.05) is 0 Å². The van der Waals surface area contributed by atoms with Gasteiger partial charge in [0.2, 0.25) is 11.8 Å². The number of hydrogen-bond donors (Lipinski definition) is 4. The van der Waals surface area contributed by atoms with Crippen molar-refractivity contribution < 1.29 is 19.4 Å². The van der Waals surface area contributed by atoms with Gasteiger partial charge in [0.05, 0.1) is 30.5 Å². The van der Waals surface area contributed by atoms with Gasteiger partial charge in [-0.05, 0) is 51.7 Å². The molecule has 1 aliphatic rings. The van der Waals surface area contributed by atoms with E-state index >= 15 is 0 Å². The quantitative estimate of drug-likeness (QED) is 0.396. The van der Waals surface area contributed by atoms with Crippen LogP contribution in [0.15, 0.2) is 30.7 Å². The zero-order chi connectivity index (χ0) is 25.2. The number of rotatable bonds is 7. The van der Waals surface area contributed by atoms with Crippen LogP contribution in [0.3, 0.4) is 0 Å². The number of methoxy groups -OCH3 is 1. The summed E-state index contributed by atoms with van der Waals surface area (Å²) < 4.78 is 6.82. The molecular weight excluding hydrogens is 450 g/mol. The summed E-state index contributed by atoms with van der Waals surface area (Å²) in [5.74, 6) is 0.166. The Labute approximate surface area is 203 Å². The summed E-state index contributed by atoms with van der Waals surface area (Å²) in [4.78, 5) is 34.0. The molecule has 0 unspecified atom stereocenters. The van der Waals surface area contributed by atoms with Gasteiger partial charge in [-0.1, -0.05) is 0 Å². The lowest BCUT2D eigenvalue weighted by atomic mass is 9.85. The van der Waals surface area contributed by atoms with Crippen molar-refractivity contribution in [2.45, 2.75) is 51.1 Å². The van der Waals surface area contributed by atoms with E-state index in [-0.39, 0.29) is 36.2 Å². The molecule has 0 saturated heterocycles. The van der Waals surface area contributed by atoms with Crippen LogP contribution >= 0.6 is 0 Å². The average Bonchev–Trinajstić information content (AvgIpc) is 3.25. The molecule has 1 saturated carbocycles. The van der Waals surface area contributed by atoms with Gasteiger partial charge >= 0.3 is 0 Å². The van der Waals surface area contributed by atoms with E-state index in [1.54, 1.807) is 42.8 Å². The highest BCUT2D eigenvalue weighted by Crippen LogP contribution is 2.30. The van der Waals surface area contributed by atoms with Gasteiger partial charge in [0.15, 0.2) is 5.82 Å². The predicted molar refractivity (Wildman–Crippen MR) is 130 cm³/mol. The molecule has 0 radical (unpaired) electrons. The van der Waals surface area contributed by atoms with Gasteiger partial charge in [0.25, 0.3) is 5.91 Å². The van der Waals surface area contributed by atoms with Crippen LogP contribution in [0.5, 0.6) is 5.88 Å². The summed E-state index contributed by atoms with van der Waals surface area (Å²) in [5, 5.41) is 19.7. The Morgan fingerprint density at radius 2 is 1.97 bits per heavy atom. The maximum absolute atomic E-state index is 13.3. The molecule has 3 aromatic heterocycles. The number of nitrogens with zero attached hydrogens (tertiary/aromatic N) is 4. The van der Waals surface area contributed by atoms with E-state index in [9.17, 15) is 14.7 Å². The lowest BCUT2D eigenvalue weighted by molar-refractivity contribution is -0.128. The largest absolute Gasteiger partial charge is 0.481 e. The molecule has 11 heteroatoms. The van der Waals surface area contributed by atoms with Crippen molar-refractivity contribution in [3.8, 4) is 17.1 Å². The number of aromatic nitrogens is 4. The Kier molecular flexibility index (Phi) is 6.88.